The number of rotatable bonds is 10. The third-order valence-corrected chi connectivity index (χ3v) is 8.36. The summed E-state index contributed by atoms with van der Waals surface area (Å²) in [7, 11) is -7.24. The average Bonchev–Trinajstić information content (AvgIpc) is 2.80. The van der Waals surface area contributed by atoms with Crippen LogP contribution in [-0.4, -0.2) is 79.3 Å². The number of ether oxygens (including phenoxy) is 2. The Morgan fingerprint density at radius 1 is 1.03 bits per heavy atom. The fraction of sp³-hybridized carbons (Fsp3) is 0.435. The predicted molar refractivity (Wildman–Crippen MR) is 133 cm³/mol. The normalized spacial score (nSPS) is 14.9. The van der Waals surface area contributed by atoms with Crippen LogP contribution in [0.3, 0.4) is 0 Å². The molecular formula is C23H31N3O7S2. The molecule has 1 aliphatic rings. The minimum absolute atomic E-state index is 0.129. The summed E-state index contributed by atoms with van der Waals surface area (Å²) in [5.74, 6) is -0.0155. The molecule has 0 aromatic heterocycles. The maximum absolute atomic E-state index is 12.7. The highest BCUT2D eigenvalue weighted by Gasteiger charge is 2.26. The molecule has 10 nitrogen and oxygen atoms in total. The van der Waals surface area contributed by atoms with Crippen LogP contribution in [0.4, 0.5) is 5.69 Å². The van der Waals surface area contributed by atoms with Crippen molar-refractivity contribution < 1.29 is 31.1 Å². The van der Waals surface area contributed by atoms with E-state index in [9.17, 15) is 21.6 Å². The van der Waals surface area contributed by atoms with Crippen LogP contribution < -0.4 is 14.4 Å². The fourth-order valence-electron chi connectivity index (χ4n) is 3.68. The average molecular weight is 526 g/mol. The molecule has 2 aromatic carbocycles. The van der Waals surface area contributed by atoms with Gasteiger partial charge < -0.3 is 14.8 Å². The summed E-state index contributed by atoms with van der Waals surface area (Å²) in [6.07, 6.45) is 1.06. The van der Waals surface area contributed by atoms with Gasteiger partial charge in [-0.3, -0.25) is 9.10 Å². The van der Waals surface area contributed by atoms with Crippen molar-refractivity contribution in [2.45, 2.75) is 18.7 Å². The van der Waals surface area contributed by atoms with Gasteiger partial charge in [0.1, 0.15) is 18.9 Å². The molecule has 2 aromatic rings. The quantitative estimate of drug-likeness (QED) is 0.464. The second kappa shape index (κ2) is 11.4. The second-order valence-electron chi connectivity index (χ2n) is 8.30. The smallest absolute Gasteiger partial charge is 0.243 e. The number of hydrogen-bond acceptors (Lipinski definition) is 7. The van der Waals surface area contributed by atoms with Crippen LogP contribution in [0.5, 0.6) is 5.75 Å². The predicted octanol–water partition coefficient (Wildman–Crippen LogP) is 1.29. The first-order valence-corrected chi connectivity index (χ1v) is 14.4. The molecule has 1 saturated heterocycles. The van der Waals surface area contributed by atoms with E-state index in [0.29, 0.717) is 37.7 Å². The molecule has 0 aliphatic carbocycles. The first kappa shape index (κ1) is 26.9. The van der Waals surface area contributed by atoms with Crippen molar-refractivity contribution in [3.8, 4) is 5.75 Å². The Hall–Kier alpha value is -2.67. The van der Waals surface area contributed by atoms with Gasteiger partial charge in [-0.25, -0.2) is 16.8 Å². The Morgan fingerprint density at radius 3 is 2.20 bits per heavy atom. The number of morpholine rings is 1. The number of benzene rings is 2. The number of hydrogen-bond donors (Lipinski definition) is 1. The van der Waals surface area contributed by atoms with Crippen molar-refractivity contribution in [3.63, 3.8) is 0 Å². The van der Waals surface area contributed by atoms with Gasteiger partial charge in [0.2, 0.25) is 26.0 Å². The van der Waals surface area contributed by atoms with E-state index in [1.165, 1.54) is 16.4 Å². The molecule has 192 valence electrons. The standard InChI is InChI=1S/C23H31N3O7S2/c1-18-14-19(2)16-20(15-18)26(34(3,28)29)17-23(27)24-8-11-33-21-4-6-22(7-5-21)35(30,31)25-9-12-32-13-10-25/h4-7,14-16H,8-13,17H2,1-3H3,(H,24,27). The van der Waals surface area contributed by atoms with Gasteiger partial charge in [-0.2, -0.15) is 4.31 Å². The summed E-state index contributed by atoms with van der Waals surface area (Å²) >= 11 is 0. The number of nitrogens with zero attached hydrogens (tertiary/aromatic N) is 2. The molecule has 1 aliphatic heterocycles. The van der Waals surface area contributed by atoms with Crippen molar-refractivity contribution >= 4 is 31.6 Å². The Kier molecular flexibility index (Phi) is 8.75. The maximum atomic E-state index is 12.7. The highest BCUT2D eigenvalue weighted by atomic mass is 32.2. The Labute approximate surface area is 206 Å². The number of nitrogens with one attached hydrogen (secondary N) is 1. The molecule has 0 bridgehead atoms. The highest BCUT2D eigenvalue weighted by molar-refractivity contribution is 7.92. The number of sulfonamides is 2. The summed E-state index contributed by atoms with van der Waals surface area (Å²) in [6, 6.07) is 11.4. The lowest BCUT2D eigenvalue weighted by atomic mass is 10.1. The van der Waals surface area contributed by atoms with Crippen LogP contribution in [0.15, 0.2) is 47.4 Å². The fourth-order valence-corrected chi connectivity index (χ4v) is 5.93. The second-order valence-corrected chi connectivity index (χ2v) is 12.1. The minimum Gasteiger partial charge on any atom is -0.492 e. The molecule has 12 heteroatoms. The van der Waals surface area contributed by atoms with Gasteiger partial charge in [-0.05, 0) is 61.4 Å². The molecule has 0 saturated carbocycles. The van der Waals surface area contributed by atoms with Crippen molar-refractivity contribution in [2.75, 3.05) is 56.6 Å². The van der Waals surface area contributed by atoms with Gasteiger partial charge in [0.15, 0.2) is 0 Å². The van der Waals surface area contributed by atoms with Gasteiger partial charge in [0.05, 0.1) is 36.6 Å². The summed E-state index contributed by atoms with van der Waals surface area (Å²) in [5.41, 5.74) is 2.22. The monoisotopic (exact) mass is 525 g/mol. The molecule has 0 unspecified atom stereocenters. The van der Waals surface area contributed by atoms with Crippen molar-refractivity contribution in [2.24, 2.45) is 0 Å². The van der Waals surface area contributed by atoms with Gasteiger partial charge in [-0.15, -0.1) is 0 Å². The number of amides is 1. The highest BCUT2D eigenvalue weighted by Crippen LogP contribution is 2.22. The zero-order chi connectivity index (χ0) is 25.6. The molecule has 1 amide bonds. The molecule has 1 N–H and O–H groups in total. The Morgan fingerprint density at radius 2 is 1.63 bits per heavy atom. The Bertz CT molecular complexity index is 1220. The zero-order valence-electron chi connectivity index (χ0n) is 20.1. The van der Waals surface area contributed by atoms with E-state index < -0.39 is 26.0 Å². The van der Waals surface area contributed by atoms with Crippen LogP contribution in [0.2, 0.25) is 0 Å². The molecule has 3 rings (SSSR count). The van der Waals surface area contributed by atoms with Crippen molar-refractivity contribution in [1.29, 1.82) is 0 Å². The summed E-state index contributed by atoms with van der Waals surface area (Å²) in [4.78, 5) is 12.6. The van der Waals surface area contributed by atoms with E-state index in [-0.39, 0.29) is 24.6 Å². The lowest BCUT2D eigenvalue weighted by Gasteiger charge is -2.26. The van der Waals surface area contributed by atoms with E-state index >= 15 is 0 Å². The van der Waals surface area contributed by atoms with Crippen molar-refractivity contribution in [3.05, 3.63) is 53.6 Å². The van der Waals surface area contributed by atoms with Crippen LogP contribution >= 0.6 is 0 Å². The SMILES string of the molecule is Cc1cc(C)cc(N(CC(=O)NCCOc2ccc(S(=O)(=O)N3CCOCC3)cc2)S(C)(=O)=O)c1. The molecule has 0 atom stereocenters. The zero-order valence-corrected chi connectivity index (χ0v) is 21.7. The number of carbonyl (C=O) groups excluding carboxylic acids is 1. The largest absolute Gasteiger partial charge is 0.492 e. The minimum atomic E-state index is -3.66. The van der Waals surface area contributed by atoms with Crippen LogP contribution in [0, 0.1) is 13.8 Å². The lowest BCUT2D eigenvalue weighted by Crippen LogP contribution is -2.41. The molecule has 0 spiro atoms. The van der Waals surface area contributed by atoms with E-state index in [1.807, 2.05) is 19.9 Å². The summed E-state index contributed by atoms with van der Waals surface area (Å²) in [5, 5.41) is 2.65. The third kappa shape index (κ3) is 7.40. The number of carbonyl (C=O) groups is 1. The number of aryl methyl sites for hydroxylation is 2. The molecule has 0 radical (unpaired) electrons. The molecular weight excluding hydrogens is 494 g/mol. The van der Waals surface area contributed by atoms with Gasteiger partial charge in [0.25, 0.3) is 0 Å². The van der Waals surface area contributed by atoms with E-state index in [0.717, 1.165) is 21.7 Å². The first-order valence-electron chi connectivity index (χ1n) is 11.1. The van der Waals surface area contributed by atoms with E-state index in [4.69, 9.17) is 9.47 Å². The maximum Gasteiger partial charge on any atom is 0.243 e. The van der Waals surface area contributed by atoms with Gasteiger partial charge in [-0.1, -0.05) is 6.07 Å². The Balaban J connectivity index is 1.51. The topological polar surface area (TPSA) is 122 Å². The van der Waals surface area contributed by atoms with Crippen LogP contribution in [0.25, 0.3) is 0 Å². The van der Waals surface area contributed by atoms with Crippen LogP contribution in [0.1, 0.15) is 11.1 Å². The first-order chi connectivity index (χ1) is 16.5. The third-order valence-electron chi connectivity index (χ3n) is 5.31. The van der Waals surface area contributed by atoms with Gasteiger partial charge >= 0.3 is 0 Å². The van der Waals surface area contributed by atoms with E-state index in [2.05, 4.69) is 5.32 Å². The van der Waals surface area contributed by atoms with Crippen molar-refractivity contribution in [1.82, 2.24) is 9.62 Å². The lowest BCUT2D eigenvalue weighted by molar-refractivity contribution is -0.119. The van der Waals surface area contributed by atoms with Gasteiger partial charge in [0, 0.05) is 13.1 Å². The van der Waals surface area contributed by atoms with Crippen LogP contribution in [-0.2, 0) is 29.6 Å². The molecule has 35 heavy (non-hydrogen) atoms. The summed E-state index contributed by atoms with van der Waals surface area (Å²) in [6.45, 7) is 5.03. The molecule has 1 fully saturated rings. The van der Waals surface area contributed by atoms with E-state index in [1.54, 1.807) is 24.3 Å². The summed E-state index contributed by atoms with van der Waals surface area (Å²) < 4.78 is 63.1. The molecule has 1 heterocycles. The number of anilines is 1.